The van der Waals surface area contributed by atoms with Crippen LogP contribution in [0.5, 0.6) is 0 Å². The number of nitrogens with zero attached hydrogens (tertiary/aromatic N) is 2. The average molecular weight is 189 g/mol. The van der Waals surface area contributed by atoms with Gasteiger partial charge in [-0.1, -0.05) is 13.0 Å². The number of pyridine rings is 1. The van der Waals surface area contributed by atoms with Gasteiger partial charge in [-0.25, -0.2) is 4.98 Å². The Bertz CT molecular complexity index is 419. The molecule has 2 aromatic rings. The second kappa shape index (κ2) is 3.70. The van der Waals surface area contributed by atoms with Crippen molar-refractivity contribution in [2.45, 2.75) is 26.3 Å². The number of anilines is 1. The van der Waals surface area contributed by atoms with E-state index in [9.17, 15) is 0 Å². The van der Waals surface area contributed by atoms with E-state index in [0.29, 0.717) is 6.04 Å². The summed E-state index contributed by atoms with van der Waals surface area (Å²) in [5.74, 6) is 1.11. The van der Waals surface area contributed by atoms with E-state index in [-0.39, 0.29) is 0 Å². The molecule has 0 radical (unpaired) electrons. The third kappa shape index (κ3) is 1.58. The van der Waals surface area contributed by atoms with Crippen molar-refractivity contribution < 1.29 is 0 Å². The van der Waals surface area contributed by atoms with Gasteiger partial charge in [0.25, 0.3) is 0 Å². The van der Waals surface area contributed by atoms with Crippen LogP contribution in [0.2, 0.25) is 0 Å². The standard InChI is InChI=1S/C11H15N3/c1-3-9(2)13-11-6-4-5-10-12-7-8-14(10)11/h4-9,13H,3H2,1-2H3. The van der Waals surface area contributed by atoms with Crippen LogP contribution in [0.25, 0.3) is 5.65 Å². The van der Waals surface area contributed by atoms with Crippen LogP contribution in [0.15, 0.2) is 30.6 Å². The number of aromatic nitrogens is 2. The van der Waals surface area contributed by atoms with E-state index < -0.39 is 0 Å². The highest BCUT2D eigenvalue weighted by atomic mass is 15.1. The van der Waals surface area contributed by atoms with Crippen LogP contribution >= 0.6 is 0 Å². The molecule has 3 heteroatoms. The zero-order valence-electron chi connectivity index (χ0n) is 8.57. The summed E-state index contributed by atoms with van der Waals surface area (Å²) in [5.41, 5.74) is 0.985. The molecule has 0 spiro atoms. The largest absolute Gasteiger partial charge is 0.369 e. The van der Waals surface area contributed by atoms with Crippen LogP contribution in [-0.2, 0) is 0 Å². The van der Waals surface area contributed by atoms with Gasteiger partial charge in [-0.05, 0) is 25.5 Å². The SMILES string of the molecule is CCC(C)Nc1cccc2nccn12. The molecule has 0 amide bonds. The highest BCUT2D eigenvalue weighted by molar-refractivity contribution is 5.50. The molecule has 1 unspecified atom stereocenters. The van der Waals surface area contributed by atoms with E-state index >= 15 is 0 Å². The zero-order chi connectivity index (χ0) is 9.97. The lowest BCUT2D eigenvalue weighted by molar-refractivity contribution is 0.756. The summed E-state index contributed by atoms with van der Waals surface area (Å²) in [4.78, 5) is 4.24. The minimum atomic E-state index is 0.489. The Balaban J connectivity index is 2.36. The first-order valence-electron chi connectivity index (χ1n) is 5.00. The molecule has 0 saturated heterocycles. The van der Waals surface area contributed by atoms with E-state index in [1.807, 2.05) is 24.5 Å². The minimum Gasteiger partial charge on any atom is -0.369 e. The number of imidazole rings is 1. The number of hydrogen-bond donors (Lipinski definition) is 1. The normalized spacial score (nSPS) is 13.0. The second-order valence-electron chi connectivity index (χ2n) is 3.52. The predicted molar refractivity (Wildman–Crippen MR) is 58.6 cm³/mol. The van der Waals surface area contributed by atoms with Gasteiger partial charge >= 0.3 is 0 Å². The highest BCUT2D eigenvalue weighted by Crippen LogP contribution is 2.12. The van der Waals surface area contributed by atoms with E-state index in [4.69, 9.17) is 0 Å². The maximum Gasteiger partial charge on any atom is 0.138 e. The van der Waals surface area contributed by atoms with Crippen LogP contribution < -0.4 is 5.32 Å². The van der Waals surface area contributed by atoms with Gasteiger partial charge in [0.2, 0.25) is 0 Å². The lowest BCUT2D eigenvalue weighted by atomic mass is 10.2. The minimum absolute atomic E-state index is 0.489. The Morgan fingerprint density at radius 2 is 2.36 bits per heavy atom. The van der Waals surface area contributed by atoms with Gasteiger partial charge in [-0.2, -0.15) is 0 Å². The van der Waals surface area contributed by atoms with Gasteiger partial charge in [0.05, 0.1) is 0 Å². The molecular weight excluding hydrogens is 174 g/mol. The Hall–Kier alpha value is -1.51. The second-order valence-corrected chi connectivity index (χ2v) is 3.52. The average Bonchev–Trinajstić information content (AvgIpc) is 2.66. The summed E-state index contributed by atoms with van der Waals surface area (Å²) in [5, 5.41) is 3.44. The van der Waals surface area contributed by atoms with Crippen molar-refractivity contribution in [2.75, 3.05) is 5.32 Å². The fourth-order valence-electron chi connectivity index (χ4n) is 1.42. The third-order valence-corrected chi connectivity index (χ3v) is 2.43. The monoisotopic (exact) mass is 189 g/mol. The van der Waals surface area contributed by atoms with Crippen molar-refractivity contribution in [1.82, 2.24) is 9.38 Å². The topological polar surface area (TPSA) is 29.3 Å². The van der Waals surface area contributed by atoms with Crippen molar-refractivity contribution in [1.29, 1.82) is 0 Å². The van der Waals surface area contributed by atoms with Crippen LogP contribution in [0.3, 0.4) is 0 Å². The van der Waals surface area contributed by atoms with Gasteiger partial charge in [0, 0.05) is 18.4 Å². The molecule has 0 saturated carbocycles. The van der Waals surface area contributed by atoms with Crippen molar-refractivity contribution in [3.05, 3.63) is 30.6 Å². The Labute approximate surface area is 83.8 Å². The summed E-state index contributed by atoms with van der Waals surface area (Å²) in [7, 11) is 0. The quantitative estimate of drug-likeness (QED) is 0.804. The van der Waals surface area contributed by atoms with Gasteiger partial charge < -0.3 is 5.32 Å². The summed E-state index contributed by atoms with van der Waals surface area (Å²) < 4.78 is 2.06. The van der Waals surface area contributed by atoms with Gasteiger partial charge in [-0.15, -0.1) is 0 Å². The van der Waals surface area contributed by atoms with Crippen LogP contribution in [0, 0.1) is 0 Å². The summed E-state index contributed by atoms with van der Waals surface area (Å²) in [6.45, 7) is 4.35. The molecule has 0 aliphatic carbocycles. The Morgan fingerprint density at radius 3 is 3.14 bits per heavy atom. The molecule has 2 heterocycles. The van der Waals surface area contributed by atoms with E-state index in [0.717, 1.165) is 17.9 Å². The van der Waals surface area contributed by atoms with E-state index in [2.05, 4.69) is 34.6 Å². The molecule has 0 bridgehead atoms. The molecule has 14 heavy (non-hydrogen) atoms. The van der Waals surface area contributed by atoms with Crippen LogP contribution in [-0.4, -0.2) is 15.4 Å². The first kappa shape index (κ1) is 9.06. The first-order valence-corrected chi connectivity index (χ1v) is 5.00. The molecule has 1 atom stereocenters. The molecular formula is C11H15N3. The lowest BCUT2D eigenvalue weighted by Crippen LogP contribution is -2.15. The fourth-order valence-corrected chi connectivity index (χ4v) is 1.42. The molecule has 0 fully saturated rings. The van der Waals surface area contributed by atoms with Crippen molar-refractivity contribution in [3.63, 3.8) is 0 Å². The molecule has 2 aromatic heterocycles. The molecule has 3 nitrogen and oxygen atoms in total. The zero-order valence-corrected chi connectivity index (χ0v) is 8.57. The maximum atomic E-state index is 4.24. The molecule has 0 aliphatic rings. The smallest absolute Gasteiger partial charge is 0.138 e. The first-order chi connectivity index (χ1) is 6.81. The summed E-state index contributed by atoms with van der Waals surface area (Å²) >= 11 is 0. The van der Waals surface area contributed by atoms with Gasteiger partial charge in [0.15, 0.2) is 0 Å². The number of hydrogen-bond acceptors (Lipinski definition) is 2. The van der Waals surface area contributed by atoms with Gasteiger partial charge in [-0.3, -0.25) is 4.40 Å². The van der Waals surface area contributed by atoms with E-state index in [1.165, 1.54) is 0 Å². The van der Waals surface area contributed by atoms with E-state index in [1.54, 1.807) is 0 Å². The lowest BCUT2D eigenvalue weighted by Gasteiger charge is -2.14. The van der Waals surface area contributed by atoms with Crippen molar-refractivity contribution in [2.24, 2.45) is 0 Å². The maximum absolute atomic E-state index is 4.24. The summed E-state index contributed by atoms with van der Waals surface area (Å²) in [6, 6.07) is 6.58. The Morgan fingerprint density at radius 1 is 1.50 bits per heavy atom. The van der Waals surface area contributed by atoms with Gasteiger partial charge in [0.1, 0.15) is 11.5 Å². The predicted octanol–water partition coefficient (Wildman–Crippen LogP) is 2.54. The molecule has 0 aromatic carbocycles. The van der Waals surface area contributed by atoms with Crippen molar-refractivity contribution in [3.8, 4) is 0 Å². The number of fused-ring (bicyclic) bond motifs is 1. The van der Waals surface area contributed by atoms with Crippen LogP contribution in [0.4, 0.5) is 5.82 Å². The third-order valence-electron chi connectivity index (χ3n) is 2.43. The number of rotatable bonds is 3. The fraction of sp³-hybridized carbons (Fsp3) is 0.364. The van der Waals surface area contributed by atoms with Crippen LogP contribution in [0.1, 0.15) is 20.3 Å². The molecule has 2 rings (SSSR count). The van der Waals surface area contributed by atoms with Crippen molar-refractivity contribution >= 4 is 11.5 Å². The molecule has 1 N–H and O–H groups in total. The summed E-state index contributed by atoms with van der Waals surface area (Å²) in [6.07, 6.45) is 4.91. The Kier molecular flexibility index (Phi) is 2.39. The highest BCUT2D eigenvalue weighted by Gasteiger charge is 2.02. The molecule has 74 valence electrons. The molecule has 0 aliphatic heterocycles. The number of nitrogens with one attached hydrogen (secondary N) is 1.